The van der Waals surface area contributed by atoms with Gasteiger partial charge in [0, 0.05) is 5.25 Å². The molecule has 1 atom stereocenters. The van der Waals surface area contributed by atoms with Gasteiger partial charge < -0.3 is 0 Å². The summed E-state index contributed by atoms with van der Waals surface area (Å²) in [5.41, 5.74) is 0. The molecule has 0 bridgehead atoms. The van der Waals surface area contributed by atoms with Crippen molar-refractivity contribution >= 4 is 22.8 Å². The van der Waals surface area contributed by atoms with E-state index in [4.69, 9.17) is 0 Å². The van der Waals surface area contributed by atoms with Crippen molar-refractivity contribution < 1.29 is 18.0 Å². The number of rotatable bonds is 1. The molecule has 0 spiro atoms. The Balaban J connectivity index is 2.44. The second-order valence-electron chi connectivity index (χ2n) is 2.75. The van der Waals surface area contributed by atoms with Crippen LogP contribution in [0.15, 0.2) is 4.99 Å². The molecule has 1 amide bonds. The van der Waals surface area contributed by atoms with Crippen LogP contribution in [0.3, 0.4) is 0 Å². The highest BCUT2D eigenvalue weighted by Gasteiger charge is 2.40. The number of nitrogens with one attached hydrogen (secondary N) is 1. The van der Waals surface area contributed by atoms with Crippen molar-refractivity contribution in [2.45, 2.75) is 24.8 Å². The second kappa shape index (κ2) is 4.20. The molecule has 1 unspecified atom stereocenters. The first-order chi connectivity index (χ1) is 6.43. The van der Waals surface area contributed by atoms with Gasteiger partial charge in [-0.25, -0.2) is 0 Å². The molecule has 1 heterocycles. The van der Waals surface area contributed by atoms with Gasteiger partial charge in [0.1, 0.15) is 0 Å². The lowest BCUT2D eigenvalue weighted by Crippen LogP contribution is -2.39. The lowest BCUT2D eigenvalue weighted by atomic mass is 10.3. The largest absolute Gasteiger partial charge is 0.471 e. The Morgan fingerprint density at radius 2 is 2.36 bits per heavy atom. The van der Waals surface area contributed by atoms with E-state index < -0.39 is 12.1 Å². The van der Waals surface area contributed by atoms with E-state index in [0.29, 0.717) is 6.54 Å². The number of halogens is 3. The minimum Gasteiger partial charge on any atom is -0.298 e. The van der Waals surface area contributed by atoms with Crippen molar-refractivity contribution in [3.05, 3.63) is 0 Å². The van der Waals surface area contributed by atoms with Crippen LogP contribution in [0.2, 0.25) is 0 Å². The normalized spacial score (nSPS) is 22.0. The molecule has 0 saturated heterocycles. The predicted molar refractivity (Wildman–Crippen MR) is 48.2 cm³/mol. The van der Waals surface area contributed by atoms with Crippen LogP contribution in [-0.4, -0.2) is 29.0 Å². The summed E-state index contributed by atoms with van der Waals surface area (Å²) in [6.45, 7) is 2.39. The molecule has 0 aliphatic carbocycles. The molecule has 0 aromatic rings. The van der Waals surface area contributed by atoms with Crippen molar-refractivity contribution in [2.75, 3.05) is 6.54 Å². The summed E-state index contributed by atoms with van der Waals surface area (Å²) in [7, 11) is 0. The number of amidine groups is 1. The van der Waals surface area contributed by atoms with Gasteiger partial charge in [0.05, 0.1) is 6.54 Å². The minimum atomic E-state index is -4.84. The first-order valence-corrected chi connectivity index (χ1v) is 4.90. The molecule has 0 fully saturated rings. The Bertz CT molecular complexity index is 264. The summed E-state index contributed by atoms with van der Waals surface area (Å²) >= 11 is 1.17. The molecule has 7 heteroatoms. The standard InChI is InChI=1S/C7H9F3N2OS/c1-2-4-3-11-6(14-4)12-5(13)7(8,9)10/h4H,2-3H2,1H3,(H,11,12,13). The lowest BCUT2D eigenvalue weighted by Gasteiger charge is -2.07. The average molecular weight is 226 g/mol. The van der Waals surface area contributed by atoms with Gasteiger partial charge in [-0.3, -0.25) is 15.1 Å². The van der Waals surface area contributed by atoms with E-state index in [1.54, 1.807) is 5.32 Å². The van der Waals surface area contributed by atoms with Crippen LogP contribution in [0.25, 0.3) is 0 Å². The molecule has 80 valence electrons. The van der Waals surface area contributed by atoms with E-state index in [-0.39, 0.29) is 10.4 Å². The maximum Gasteiger partial charge on any atom is 0.471 e. The Labute approximate surface area is 83.1 Å². The topological polar surface area (TPSA) is 41.5 Å². The molecule has 1 rings (SSSR count). The van der Waals surface area contributed by atoms with Gasteiger partial charge in [-0.2, -0.15) is 13.2 Å². The number of carbonyl (C=O) groups excluding carboxylic acids is 1. The SMILES string of the molecule is CCC1CN=C(NC(=O)C(F)(F)F)S1. The van der Waals surface area contributed by atoms with Gasteiger partial charge in [-0.05, 0) is 6.42 Å². The third kappa shape index (κ3) is 2.90. The van der Waals surface area contributed by atoms with Crippen LogP contribution in [0, 0.1) is 0 Å². The maximum absolute atomic E-state index is 11.8. The fourth-order valence-electron chi connectivity index (χ4n) is 0.867. The van der Waals surface area contributed by atoms with Crippen LogP contribution in [0.4, 0.5) is 13.2 Å². The average Bonchev–Trinajstić information content (AvgIpc) is 2.50. The van der Waals surface area contributed by atoms with Gasteiger partial charge in [0.2, 0.25) is 0 Å². The van der Waals surface area contributed by atoms with Gasteiger partial charge in [-0.1, -0.05) is 18.7 Å². The van der Waals surface area contributed by atoms with E-state index >= 15 is 0 Å². The van der Waals surface area contributed by atoms with Gasteiger partial charge in [0.25, 0.3) is 0 Å². The van der Waals surface area contributed by atoms with Gasteiger partial charge >= 0.3 is 12.1 Å². The molecule has 0 aromatic heterocycles. The number of hydrogen-bond donors (Lipinski definition) is 1. The number of nitrogens with zero attached hydrogens (tertiary/aromatic N) is 1. The molecule has 3 nitrogen and oxygen atoms in total. The molecule has 1 aliphatic rings. The first kappa shape index (κ1) is 11.4. The van der Waals surface area contributed by atoms with Crippen LogP contribution >= 0.6 is 11.8 Å². The van der Waals surface area contributed by atoms with E-state index in [1.165, 1.54) is 11.8 Å². The number of aliphatic imine (C=N–C) groups is 1. The van der Waals surface area contributed by atoms with Crippen molar-refractivity contribution in [1.29, 1.82) is 0 Å². The van der Waals surface area contributed by atoms with E-state index in [9.17, 15) is 18.0 Å². The number of carbonyl (C=O) groups is 1. The summed E-state index contributed by atoms with van der Waals surface area (Å²) in [6, 6.07) is 0. The van der Waals surface area contributed by atoms with Crippen molar-refractivity contribution in [3.8, 4) is 0 Å². The van der Waals surface area contributed by atoms with E-state index in [1.807, 2.05) is 6.92 Å². The highest BCUT2D eigenvalue weighted by Crippen LogP contribution is 2.23. The Morgan fingerprint density at radius 3 is 2.79 bits per heavy atom. The molecule has 14 heavy (non-hydrogen) atoms. The monoisotopic (exact) mass is 226 g/mol. The molecule has 1 aliphatic heterocycles. The van der Waals surface area contributed by atoms with Crippen LogP contribution in [0.5, 0.6) is 0 Å². The third-order valence-electron chi connectivity index (χ3n) is 1.65. The number of thioether (sulfide) groups is 1. The fraction of sp³-hybridized carbons (Fsp3) is 0.714. The zero-order valence-electron chi connectivity index (χ0n) is 7.39. The summed E-state index contributed by atoms with van der Waals surface area (Å²) in [6.07, 6.45) is -4.02. The highest BCUT2D eigenvalue weighted by molar-refractivity contribution is 8.14. The zero-order valence-corrected chi connectivity index (χ0v) is 8.21. The van der Waals surface area contributed by atoms with Crippen molar-refractivity contribution in [3.63, 3.8) is 0 Å². The summed E-state index contributed by atoms with van der Waals surface area (Å²) in [4.78, 5) is 14.3. The fourth-order valence-corrected chi connectivity index (χ4v) is 1.80. The van der Waals surface area contributed by atoms with Crippen LogP contribution in [0.1, 0.15) is 13.3 Å². The lowest BCUT2D eigenvalue weighted by molar-refractivity contribution is -0.171. The number of hydrogen-bond acceptors (Lipinski definition) is 3. The molecule has 0 radical (unpaired) electrons. The van der Waals surface area contributed by atoms with E-state index in [0.717, 1.165) is 6.42 Å². The number of alkyl halides is 3. The Kier molecular flexibility index (Phi) is 3.41. The molecule has 0 saturated carbocycles. The quantitative estimate of drug-likeness (QED) is 0.737. The van der Waals surface area contributed by atoms with Gasteiger partial charge in [-0.15, -0.1) is 0 Å². The molecule has 0 aromatic carbocycles. The van der Waals surface area contributed by atoms with Crippen LogP contribution in [-0.2, 0) is 4.79 Å². The van der Waals surface area contributed by atoms with E-state index in [2.05, 4.69) is 4.99 Å². The van der Waals surface area contributed by atoms with Crippen LogP contribution < -0.4 is 5.32 Å². The second-order valence-corrected chi connectivity index (χ2v) is 4.03. The first-order valence-electron chi connectivity index (χ1n) is 4.02. The summed E-state index contributed by atoms with van der Waals surface area (Å²) < 4.78 is 35.4. The third-order valence-corrected chi connectivity index (χ3v) is 2.92. The zero-order chi connectivity index (χ0) is 10.8. The Hall–Kier alpha value is -0.720. The smallest absolute Gasteiger partial charge is 0.298 e. The minimum absolute atomic E-state index is 0.0687. The molecule has 1 N–H and O–H groups in total. The number of amides is 1. The van der Waals surface area contributed by atoms with Crippen molar-refractivity contribution in [1.82, 2.24) is 5.32 Å². The Morgan fingerprint density at radius 1 is 1.71 bits per heavy atom. The van der Waals surface area contributed by atoms with Crippen molar-refractivity contribution in [2.24, 2.45) is 4.99 Å². The predicted octanol–water partition coefficient (Wildman–Crippen LogP) is 1.55. The molecular weight excluding hydrogens is 217 g/mol. The maximum atomic E-state index is 11.8. The highest BCUT2D eigenvalue weighted by atomic mass is 32.2. The summed E-state index contributed by atoms with van der Waals surface area (Å²) in [5.74, 6) is -1.96. The summed E-state index contributed by atoms with van der Waals surface area (Å²) in [5, 5.41) is 1.98. The van der Waals surface area contributed by atoms with Gasteiger partial charge in [0.15, 0.2) is 5.17 Å². The molecular formula is C7H9F3N2OS.